The number of hydrogen-bond acceptors (Lipinski definition) is 7. The molecule has 1 aliphatic rings. The van der Waals surface area contributed by atoms with Crippen molar-refractivity contribution in [3.05, 3.63) is 45.7 Å². The lowest BCUT2D eigenvalue weighted by atomic mass is 10.2. The van der Waals surface area contributed by atoms with E-state index < -0.39 is 22.6 Å². The molecule has 0 saturated carbocycles. The molecule has 2 atom stereocenters. The minimum absolute atomic E-state index is 0.0215. The summed E-state index contributed by atoms with van der Waals surface area (Å²) in [6.45, 7) is 4.16. The molecule has 1 aromatic heterocycles. The molecule has 1 aromatic carbocycles. The second kappa shape index (κ2) is 9.46. The Labute approximate surface area is 187 Å². The predicted octanol–water partition coefficient (Wildman–Crippen LogP) is 3.10. The van der Waals surface area contributed by atoms with E-state index in [-0.39, 0.29) is 33.6 Å². The molecule has 1 amide bonds. The highest BCUT2D eigenvalue weighted by molar-refractivity contribution is 9.11. The fraction of sp³-hybridized carbons (Fsp3) is 0.368. The molecule has 2 aromatic rings. The van der Waals surface area contributed by atoms with Crippen molar-refractivity contribution in [1.29, 1.82) is 0 Å². The summed E-state index contributed by atoms with van der Waals surface area (Å²) in [5.74, 6) is -1.12. The van der Waals surface area contributed by atoms with Crippen LogP contribution in [-0.4, -0.2) is 57.1 Å². The van der Waals surface area contributed by atoms with Gasteiger partial charge in [0.25, 0.3) is 15.9 Å². The summed E-state index contributed by atoms with van der Waals surface area (Å²) >= 11 is 4.28. The van der Waals surface area contributed by atoms with Crippen LogP contribution in [0.2, 0.25) is 0 Å². The van der Waals surface area contributed by atoms with Crippen molar-refractivity contribution in [2.24, 2.45) is 0 Å². The Hall–Kier alpha value is -1.95. The number of rotatable bonds is 6. The molecule has 8 nitrogen and oxygen atoms in total. The number of ether oxygens (including phenoxy) is 2. The molecule has 3 rings (SSSR count). The second-order valence-corrected chi connectivity index (χ2v) is 11.2. The molecule has 0 spiro atoms. The molecule has 0 bridgehead atoms. The number of carbonyl (C=O) groups is 2. The zero-order valence-corrected chi connectivity index (χ0v) is 19.6. The van der Waals surface area contributed by atoms with E-state index in [4.69, 9.17) is 9.47 Å². The number of esters is 1. The predicted molar refractivity (Wildman–Crippen MR) is 116 cm³/mol. The third kappa shape index (κ3) is 5.60. The van der Waals surface area contributed by atoms with Gasteiger partial charge in [0.2, 0.25) is 0 Å². The fourth-order valence-corrected chi connectivity index (χ4v) is 6.15. The molecule has 1 saturated heterocycles. The minimum Gasteiger partial charge on any atom is -0.452 e. The Morgan fingerprint density at radius 1 is 1.20 bits per heavy atom. The van der Waals surface area contributed by atoms with Gasteiger partial charge in [0.15, 0.2) is 6.61 Å². The lowest BCUT2D eigenvalue weighted by molar-refractivity contribution is -0.146. The van der Waals surface area contributed by atoms with Crippen molar-refractivity contribution in [1.82, 2.24) is 4.90 Å². The van der Waals surface area contributed by atoms with Crippen molar-refractivity contribution in [2.75, 3.05) is 24.4 Å². The number of nitrogens with one attached hydrogen (secondary N) is 1. The first-order valence-corrected chi connectivity index (χ1v) is 12.2. The molecule has 1 fully saturated rings. The standard InChI is InChI=1S/C19H21BrN2O6S2/c1-12-9-22(10-13(2)28-12)17(23)11-27-19(24)14-5-3-4-6-15(14)21-30(25,26)18-8-7-16(20)29-18/h3-8,12-13,21H,9-11H2,1-2H3. The van der Waals surface area contributed by atoms with Gasteiger partial charge in [-0.05, 0) is 54.0 Å². The molecule has 2 heterocycles. The number of hydrogen-bond donors (Lipinski definition) is 1. The second-order valence-electron chi connectivity index (χ2n) is 6.84. The van der Waals surface area contributed by atoms with E-state index in [0.717, 1.165) is 11.3 Å². The molecular formula is C19H21BrN2O6S2. The Morgan fingerprint density at radius 2 is 1.87 bits per heavy atom. The van der Waals surface area contributed by atoms with Gasteiger partial charge in [0.05, 0.1) is 27.2 Å². The number of thiophene rings is 1. The van der Waals surface area contributed by atoms with Crippen molar-refractivity contribution >= 4 is 54.9 Å². The maximum absolute atomic E-state index is 12.6. The quantitative estimate of drug-likeness (QED) is 0.591. The van der Waals surface area contributed by atoms with Crippen molar-refractivity contribution in [3.8, 4) is 0 Å². The molecule has 30 heavy (non-hydrogen) atoms. The van der Waals surface area contributed by atoms with Gasteiger partial charge in [0, 0.05) is 13.1 Å². The van der Waals surface area contributed by atoms with Crippen LogP contribution in [-0.2, 0) is 24.3 Å². The lowest BCUT2D eigenvalue weighted by Gasteiger charge is -2.35. The number of amides is 1. The number of halogens is 1. The Morgan fingerprint density at radius 3 is 2.50 bits per heavy atom. The maximum atomic E-state index is 12.6. The number of benzene rings is 1. The molecule has 0 aliphatic carbocycles. The molecule has 11 heteroatoms. The van der Waals surface area contributed by atoms with E-state index in [1.54, 1.807) is 23.1 Å². The van der Waals surface area contributed by atoms with Crippen LogP contribution in [0.25, 0.3) is 0 Å². The highest BCUT2D eigenvalue weighted by Crippen LogP contribution is 2.28. The van der Waals surface area contributed by atoms with Crippen molar-refractivity contribution in [3.63, 3.8) is 0 Å². The molecule has 0 radical (unpaired) electrons. The minimum atomic E-state index is -3.87. The van der Waals surface area contributed by atoms with Gasteiger partial charge in [-0.3, -0.25) is 9.52 Å². The normalized spacial score (nSPS) is 19.4. The molecule has 1 N–H and O–H groups in total. The summed E-state index contributed by atoms with van der Waals surface area (Å²) in [6, 6.07) is 9.17. The Balaban J connectivity index is 1.68. The van der Waals surface area contributed by atoms with Crippen LogP contribution in [0.4, 0.5) is 5.69 Å². The summed E-state index contributed by atoms with van der Waals surface area (Å²) < 4.78 is 39.1. The number of para-hydroxylation sites is 1. The number of anilines is 1. The van der Waals surface area contributed by atoms with E-state index in [9.17, 15) is 18.0 Å². The first-order chi connectivity index (χ1) is 14.2. The Bertz CT molecular complexity index is 1030. The van der Waals surface area contributed by atoms with Gasteiger partial charge >= 0.3 is 5.97 Å². The third-order valence-electron chi connectivity index (χ3n) is 4.30. The molecule has 162 valence electrons. The van der Waals surface area contributed by atoms with Crippen molar-refractivity contribution in [2.45, 2.75) is 30.3 Å². The van der Waals surface area contributed by atoms with E-state index in [1.807, 2.05) is 13.8 Å². The zero-order valence-electron chi connectivity index (χ0n) is 16.3. The van der Waals surface area contributed by atoms with E-state index in [2.05, 4.69) is 20.7 Å². The smallest absolute Gasteiger partial charge is 0.340 e. The van der Waals surface area contributed by atoms with Crippen LogP contribution >= 0.6 is 27.3 Å². The Kier molecular flexibility index (Phi) is 7.17. The van der Waals surface area contributed by atoms with E-state index in [1.165, 1.54) is 18.2 Å². The van der Waals surface area contributed by atoms with Crippen LogP contribution < -0.4 is 4.72 Å². The summed E-state index contributed by atoms with van der Waals surface area (Å²) in [6.07, 6.45) is -0.193. The highest BCUT2D eigenvalue weighted by atomic mass is 79.9. The van der Waals surface area contributed by atoms with E-state index in [0.29, 0.717) is 16.9 Å². The van der Waals surface area contributed by atoms with Crippen LogP contribution in [0.1, 0.15) is 24.2 Å². The fourth-order valence-electron chi connectivity index (χ4n) is 3.07. The lowest BCUT2D eigenvalue weighted by Crippen LogP contribution is -2.49. The van der Waals surface area contributed by atoms with Crippen LogP contribution in [0.5, 0.6) is 0 Å². The average Bonchev–Trinajstić information content (AvgIpc) is 3.12. The van der Waals surface area contributed by atoms with E-state index >= 15 is 0 Å². The van der Waals surface area contributed by atoms with Gasteiger partial charge in [-0.25, -0.2) is 13.2 Å². The summed E-state index contributed by atoms with van der Waals surface area (Å²) in [5.41, 5.74) is 0.0984. The van der Waals surface area contributed by atoms with Crippen LogP contribution in [0, 0.1) is 0 Å². The SMILES string of the molecule is CC1CN(C(=O)COC(=O)c2ccccc2NS(=O)(=O)c2ccc(Br)s2)CC(C)O1. The molecule has 1 aliphatic heterocycles. The topological polar surface area (TPSA) is 102 Å². The molecular weight excluding hydrogens is 496 g/mol. The highest BCUT2D eigenvalue weighted by Gasteiger charge is 2.27. The van der Waals surface area contributed by atoms with Crippen LogP contribution in [0.15, 0.2) is 44.4 Å². The number of carbonyl (C=O) groups excluding carboxylic acids is 2. The third-order valence-corrected chi connectivity index (χ3v) is 7.78. The first kappa shape index (κ1) is 22.7. The van der Waals surface area contributed by atoms with Gasteiger partial charge in [-0.2, -0.15) is 0 Å². The van der Waals surface area contributed by atoms with Crippen molar-refractivity contribution < 1.29 is 27.5 Å². The van der Waals surface area contributed by atoms with Gasteiger partial charge in [-0.15, -0.1) is 11.3 Å². The largest absolute Gasteiger partial charge is 0.452 e. The zero-order chi connectivity index (χ0) is 21.9. The van der Waals surface area contributed by atoms with Gasteiger partial charge in [0.1, 0.15) is 4.21 Å². The number of sulfonamides is 1. The summed E-state index contributed by atoms with van der Waals surface area (Å²) in [4.78, 5) is 26.5. The first-order valence-electron chi connectivity index (χ1n) is 9.13. The monoisotopic (exact) mass is 516 g/mol. The number of morpholine rings is 1. The van der Waals surface area contributed by atoms with Crippen LogP contribution in [0.3, 0.4) is 0 Å². The molecule has 2 unspecified atom stereocenters. The summed E-state index contributed by atoms with van der Waals surface area (Å²) in [7, 11) is -3.87. The van der Waals surface area contributed by atoms with Gasteiger partial charge < -0.3 is 14.4 Å². The van der Waals surface area contributed by atoms with Gasteiger partial charge in [-0.1, -0.05) is 12.1 Å². The average molecular weight is 517 g/mol. The summed E-state index contributed by atoms with van der Waals surface area (Å²) in [5, 5.41) is 0. The number of nitrogens with zero attached hydrogens (tertiary/aromatic N) is 1. The maximum Gasteiger partial charge on any atom is 0.340 e.